The van der Waals surface area contributed by atoms with Crippen LogP contribution in [0.2, 0.25) is 0 Å². The van der Waals surface area contributed by atoms with E-state index in [-0.39, 0.29) is 5.75 Å². The van der Waals surface area contributed by atoms with Gasteiger partial charge in [-0.05, 0) is 42.8 Å². The molecule has 1 aromatic heterocycles. The SMILES string of the molecule is Oc1cccc(C=Nn2c(C3CCCCC3)n[nH]c2=S)c1. The lowest BCUT2D eigenvalue weighted by molar-refractivity contribution is 0.419. The number of aromatic hydroxyl groups is 1. The highest BCUT2D eigenvalue weighted by atomic mass is 32.1. The minimum Gasteiger partial charge on any atom is -0.508 e. The summed E-state index contributed by atoms with van der Waals surface area (Å²) in [7, 11) is 0. The zero-order chi connectivity index (χ0) is 14.7. The molecule has 0 unspecified atom stereocenters. The Kier molecular flexibility index (Phi) is 4.15. The molecule has 6 heteroatoms. The van der Waals surface area contributed by atoms with Crippen molar-refractivity contribution in [1.29, 1.82) is 0 Å². The first-order valence-corrected chi connectivity index (χ1v) is 7.65. The average Bonchev–Trinajstić information content (AvgIpc) is 2.87. The van der Waals surface area contributed by atoms with Crippen LogP contribution in [0.3, 0.4) is 0 Å². The maximum atomic E-state index is 9.48. The molecule has 2 N–H and O–H groups in total. The molecular formula is C15H18N4OS. The summed E-state index contributed by atoms with van der Waals surface area (Å²) < 4.78 is 2.21. The summed E-state index contributed by atoms with van der Waals surface area (Å²) in [5.41, 5.74) is 0.827. The lowest BCUT2D eigenvalue weighted by atomic mass is 9.89. The van der Waals surface area contributed by atoms with E-state index in [1.807, 2.05) is 6.07 Å². The fourth-order valence-corrected chi connectivity index (χ4v) is 2.96. The monoisotopic (exact) mass is 302 g/mol. The van der Waals surface area contributed by atoms with E-state index in [0.717, 1.165) is 24.2 Å². The second-order valence-corrected chi connectivity index (χ2v) is 5.76. The summed E-state index contributed by atoms with van der Waals surface area (Å²) in [6.45, 7) is 0. The average molecular weight is 302 g/mol. The van der Waals surface area contributed by atoms with Crippen molar-refractivity contribution in [2.75, 3.05) is 0 Å². The topological polar surface area (TPSA) is 66.2 Å². The molecule has 0 bridgehead atoms. The number of H-pyrrole nitrogens is 1. The number of phenols is 1. The van der Waals surface area contributed by atoms with E-state index in [9.17, 15) is 5.11 Å². The molecule has 1 aromatic carbocycles. The third kappa shape index (κ3) is 3.21. The van der Waals surface area contributed by atoms with Crippen molar-refractivity contribution in [1.82, 2.24) is 14.9 Å². The van der Waals surface area contributed by atoms with Crippen molar-refractivity contribution in [2.24, 2.45) is 5.10 Å². The summed E-state index contributed by atoms with van der Waals surface area (Å²) in [6.07, 6.45) is 7.75. The molecule has 0 aliphatic heterocycles. The zero-order valence-electron chi connectivity index (χ0n) is 11.7. The van der Waals surface area contributed by atoms with Gasteiger partial charge in [0.05, 0.1) is 6.21 Å². The van der Waals surface area contributed by atoms with Crippen molar-refractivity contribution in [3.05, 3.63) is 40.4 Å². The van der Waals surface area contributed by atoms with Gasteiger partial charge in [0.25, 0.3) is 0 Å². The van der Waals surface area contributed by atoms with Crippen LogP contribution in [-0.2, 0) is 0 Å². The van der Waals surface area contributed by atoms with Crippen molar-refractivity contribution in [3.63, 3.8) is 0 Å². The number of hydrogen-bond acceptors (Lipinski definition) is 4. The summed E-state index contributed by atoms with van der Waals surface area (Å²) >= 11 is 5.27. The molecular weight excluding hydrogens is 284 g/mol. The first-order chi connectivity index (χ1) is 10.2. The number of aromatic amines is 1. The van der Waals surface area contributed by atoms with Gasteiger partial charge in [-0.2, -0.15) is 14.9 Å². The van der Waals surface area contributed by atoms with Gasteiger partial charge in [-0.15, -0.1) is 0 Å². The van der Waals surface area contributed by atoms with Gasteiger partial charge in [0, 0.05) is 5.92 Å². The van der Waals surface area contributed by atoms with Gasteiger partial charge < -0.3 is 5.11 Å². The molecule has 0 atom stereocenters. The molecule has 0 spiro atoms. The Bertz CT molecular complexity index is 698. The molecule has 1 aliphatic carbocycles. The summed E-state index contributed by atoms with van der Waals surface area (Å²) in [4.78, 5) is 0. The second kappa shape index (κ2) is 6.22. The van der Waals surface area contributed by atoms with Gasteiger partial charge in [-0.25, -0.2) is 0 Å². The zero-order valence-corrected chi connectivity index (χ0v) is 12.5. The minimum atomic E-state index is 0.224. The first kappa shape index (κ1) is 14.0. The summed E-state index contributed by atoms with van der Waals surface area (Å²) in [5, 5.41) is 21.1. The van der Waals surface area contributed by atoms with Crippen molar-refractivity contribution < 1.29 is 5.11 Å². The minimum absolute atomic E-state index is 0.224. The van der Waals surface area contributed by atoms with Crippen molar-refractivity contribution >= 4 is 18.4 Å². The fraction of sp³-hybridized carbons (Fsp3) is 0.400. The molecule has 110 valence electrons. The van der Waals surface area contributed by atoms with Crippen LogP contribution in [0.1, 0.15) is 49.4 Å². The first-order valence-electron chi connectivity index (χ1n) is 7.25. The number of nitrogens with zero attached hydrogens (tertiary/aromatic N) is 3. The summed E-state index contributed by atoms with van der Waals surface area (Å²) in [5.74, 6) is 1.56. The van der Waals surface area contributed by atoms with Gasteiger partial charge in [0.15, 0.2) is 5.82 Å². The Morgan fingerprint density at radius 3 is 2.90 bits per heavy atom. The van der Waals surface area contributed by atoms with E-state index in [1.54, 1.807) is 29.1 Å². The Hall–Kier alpha value is -1.95. The molecule has 0 amide bonds. The number of hydrogen-bond donors (Lipinski definition) is 2. The van der Waals surface area contributed by atoms with E-state index >= 15 is 0 Å². The van der Waals surface area contributed by atoms with Crippen LogP contribution in [0.25, 0.3) is 0 Å². The predicted molar refractivity (Wildman–Crippen MR) is 84.3 cm³/mol. The molecule has 1 aliphatic rings. The van der Waals surface area contributed by atoms with E-state index in [0.29, 0.717) is 10.7 Å². The van der Waals surface area contributed by atoms with Gasteiger partial charge >= 0.3 is 0 Å². The Morgan fingerprint density at radius 1 is 1.33 bits per heavy atom. The lowest BCUT2D eigenvalue weighted by Crippen LogP contribution is -2.10. The molecule has 0 saturated heterocycles. The van der Waals surface area contributed by atoms with Crippen LogP contribution in [-0.4, -0.2) is 26.2 Å². The number of benzene rings is 1. The Morgan fingerprint density at radius 2 is 2.14 bits per heavy atom. The Balaban J connectivity index is 1.88. The second-order valence-electron chi connectivity index (χ2n) is 5.37. The third-order valence-electron chi connectivity index (χ3n) is 3.84. The standard InChI is InChI=1S/C15H18N4OS/c20-13-8-4-5-11(9-13)10-16-19-14(17-18-15(19)21)12-6-2-1-3-7-12/h4-5,8-10,12,20H,1-3,6-7H2,(H,18,21). The number of nitrogens with one attached hydrogen (secondary N) is 1. The normalized spacial score (nSPS) is 16.6. The maximum Gasteiger partial charge on any atom is 0.216 e. The third-order valence-corrected chi connectivity index (χ3v) is 4.10. The number of aromatic nitrogens is 3. The van der Waals surface area contributed by atoms with Crippen LogP contribution in [0, 0.1) is 4.77 Å². The van der Waals surface area contributed by atoms with Crippen molar-refractivity contribution in [2.45, 2.75) is 38.0 Å². The van der Waals surface area contributed by atoms with Gasteiger partial charge in [0.1, 0.15) is 5.75 Å². The largest absolute Gasteiger partial charge is 0.508 e. The smallest absolute Gasteiger partial charge is 0.216 e. The predicted octanol–water partition coefficient (Wildman–Crippen LogP) is 3.58. The number of rotatable bonds is 3. The van der Waals surface area contributed by atoms with Crippen LogP contribution in [0.15, 0.2) is 29.4 Å². The summed E-state index contributed by atoms with van der Waals surface area (Å²) in [6, 6.07) is 6.96. The van der Waals surface area contributed by atoms with E-state index in [1.165, 1.54) is 19.3 Å². The van der Waals surface area contributed by atoms with Gasteiger partial charge in [-0.3, -0.25) is 5.10 Å². The number of phenolic OH excluding ortho intramolecular Hbond substituents is 1. The van der Waals surface area contributed by atoms with E-state index < -0.39 is 0 Å². The van der Waals surface area contributed by atoms with E-state index in [2.05, 4.69) is 15.3 Å². The highest BCUT2D eigenvalue weighted by molar-refractivity contribution is 7.71. The quantitative estimate of drug-likeness (QED) is 0.673. The van der Waals surface area contributed by atoms with Crippen LogP contribution >= 0.6 is 12.2 Å². The van der Waals surface area contributed by atoms with Crippen LogP contribution in [0.4, 0.5) is 0 Å². The molecule has 3 rings (SSSR count). The molecule has 21 heavy (non-hydrogen) atoms. The molecule has 1 fully saturated rings. The maximum absolute atomic E-state index is 9.48. The van der Waals surface area contributed by atoms with Gasteiger partial charge in [-0.1, -0.05) is 31.4 Å². The molecule has 1 heterocycles. The highest BCUT2D eigenvalue weighted by Gasteiger charge is 2.21. The van der Waals surface area contributed by atoms with Crippen molar-refractivity contribution in [3.8, 4) is 5.75 Å². The molecule has 5 nitrogen and oxygen atoms in total. The van der Waals surface area contributed by atoms with E-state index in [4.69, 9.17) is 12.2 Å². The Labute approximate surface area is 128 Å². The molecule has 2 aromatic rings. The fourth-order valence-electron chi connectivity index (χ4n) is 2.77. The lowest BCUT2D eigenvalue weighted by Gasteiger charge is -2.19. The highest BCUT2D eigenvalue weighted by Crippen LogP contribution is 2.31. The molecule has 0 radical (unpaired) electrons. The van der Waals surface area contributed by atoms with Crippen LogP contribution in [0.5, 0.6) is 5.75 Å². The molecule has 1 saturated carbocycles. The van der Waals surface area contributed by atoms with Crippen LogP contribution < -0.4 is 0 Å². The van der Waals surface area contributed by atoms with Gasteiger partial charge in [0.2, 0.25) is 4.77 Å².